The lowest BCUT2D eigenvalue weighted by Crippen LogP contribution is -2.40. The van der Waals surface area contributed by atoms with Crippen molar-refractivity contribution in [2.75, 3.05) is 13.2 Å². The van der Waals surface area contributed by atoms with E-state index in [-0.39, 0.29) is 23.3 Å². The maximum absolute atomic E-state index is 13.1. The van der Waals surface area contributed by atoms with E-state index in [1.54, 1.807) is 18.6 Å². The van der Waals surface area contributed by atoms with E-state index in [0.29, 0.717) is 19.6 Å². The molecule has 0 spiro atoms. The summed E-state index contributed by atoms with van der Waals surface area (Å²) in [5.74, 6) is -0.213. The van der Waals surface area contributed by atoms with Crippen LogP contribution in [0.2, 0.25) is 0 Å². The fourth-order valence-electron chi connectivity index (χ4n) is 4.03. The van der Waals surface area contributed by atoms with Crippen LogP contribution in [0.25, 0.3) is 5.69 Å². The van der Waals surface area contributed by atoms with Crippen molar-refractivity contribution >= 4 is 5.91 Å². The minimum atomic E-state index is -0.309. The highest BCUT2D eigenvalue weighted by Gasteiger charge is 2.38. The molecule has 0 saturated carbocycles. The molecule has 2 aromatic heterocycles. The summed E-state index contributed by atoms with van der Waals surface area (Å²) in [6, 6.07) is 14.0. The maximum atomic E-state index is 13.1. The number of pyridine rings is 1. The summed E-state index contributed by atoms with van der Waals surface area (Å²) in [5.41, 5.74) is 4.01. The summed E-state index contributed by atoms with van der Waals surface area (Å²) in [7, 11) is 0. The Bertz CT molecular complexity index is 1010. The third-order valence-corrected chi connectivity index (χ3v) is 5.90. The molecule has 1 amide bonds. The van der Waals surface area contributed by atoms with Crippen molar-refractivity contribution < 1.29 is 9.53 Å². The average molecular weight is 405 g/mol. The number of hydrogen-bond donors (Lipinski definition) is 1. The molecule has 1 aromatic carbocycles. The Morgan fingerprint density at radius 2 is 1.93 bits per heavy atom. The molecule has 0 aliphatic carbocycles. The minimum absolute atomic E-state index is 0.0252. The van der Waals surface area contributed by atoms with Gasteiger partial charge in [-0.25, -0.2) is 4.68 Å². The van der Waals surface area contributed by atoms with Crippen molar-refractivity contribution in [3.63, 3.8) is 0 Å². The molecule has 30 heavy (non-hydrogen) atoms. The summed E-state index contributed by atoms with van der Waals surface area (Å²) in [6.07, 6.45) is 5.73. The van der Waals surface area contributed by atoms with Crippen molar-refractivity contribution in [1.29, 1.82) is 0 Å². The van der Waals surface area contributed by atoms with Crippen LogP contribution in [-0.4, -0.2) is 33.8 Å². The first-order chi connectivity index (χ1) is 14.5. The Kier molecular flexibility index (Phi) is 5.68. The average Bonchev–Trinajstić information content (AvgIpc) is 3.42. The van der Waals surface area contributed by atoms with E-state index < -0.39 is 0 Å². The molecule has 1 aliphatic rings. The molecular weight excluding hydrogens is 376 g/mol. The summed E-state index contributed by atoms with van der Waals surface area (Å²) >= 11 is 0. The van der Waals surface area contributed by atoms with Gasteiger partial charge in [0, 0.05) is 37.2 Å². The van der Waals surface area contributed by atoms with Gasteiger partial charge in [-0.3, -0.25) is 9.78 Å². The standard InChI is InChI=1S/C24H28N4O2/c1-17-6-4-5-7-20(17)28-21(10-14-27-28)22-19(11-15-30-22)23(29)26-16-24(2,3)18-8-12-25-13-9-18/h4-10,12-14,19,22H,11,15-16H2,1-3H3,(H,26,29)/t19-,22-/m0/s1. The Hall–Kier alpha value is -2.99. The molecule has 156 valence electrons. The second kappa shape index (κ2) is 8.40. The number of carbonyl (C=O) groups excluding carboxylic acids is 1. The quantitative estimate of drug-likeness (QED) is 0.679. The summed E-state index contributed by atoms with van der Waals surface area (Å²) in [6.45, 7) is 7.42. The van der Waals surface area contributed by atoms with Crippen LogP contribution in [0.4, 0.5) is 0 Å². The fraction of sp³-hybridized carbons (Fsp3) is 0.375. The molecule has 1 fully saturated rings. The number of amides is 1. The molecule has 4 rings (SSSR count). The topological polar surface area (TPSA) is 69.0 Å². The van der Waals surface area contributed by atoms with Crippen LogP contribution < -0.4 is 5.32 Å². The number of hydrogen-bond acceptors (Lipinski definition) is 4. The van der Waals surface area contributed by atoms with E-state index in [1.807, 2.05) is 41.1 Å². The van der Waals surface area contributed by atoms with Crippen molar-refractivity contribution in [2.45, 2.75) is 38.7 Å². The second-order valence-corrected chi connectivity index (χ2v) is 8.48. The Balaban J connectivity index is 1.50. The molecule has 1 N–H and O–H groups in total. The lowest BCUT2D eigenvalue weighted by Gasteiger charge is -2.27. The fourth-order valence-corrected chi connectivity index (χ4v) is 4.03. The number of carbonyl (C=O) groups is 1. The zero-order chi connectivity index (χ0) is 21.1. The molecule has 1 aliphatic heterocycles. The van der Waals surface area contributed by atoms with Gasteiger partial charge in [0.05, 0.1) is 17.3 Å². The number of para-hydroxylation sites is 1. The van der Waals surface area contributed by atoms with Gasteiger partial charge in [0.15, 0.2) is 0 Å². The normalized spacial score (nSPS) is 19.0. The molecule has 0 radical (unpaired) electrons. The van der Waals surface area contributed by atoms with Crippen LogP contribution >= 0.6 is 0 Å². The van der Waals surface area contributed by atoms with E-state index in [0.717, 1.165) is 22.5 Å². The summed E-state index contributed by atoms with van der Waals surface area (Å²) in [5, 5.41) is 7.67. The predicted molar refractivity (Wildman–Crippen MR) is 115 cm³/mol. The van der Waals surface area contributed by atoms with Crippen molar-refractivity contribution in [1.82, 2.24) is 20.1 Å². The van der Waals surface area contributed by atoms with Gasteiger partial charge < -0.3 is 10.1 Å². The monoisotopic (exact) mass is 404 g/mol. The Morgan fingerprint density at radius 3 is 2.70 bits per heavy atom. The van der Waals surface area contributed by atoms with E-state index in [9.17, 15) is 4.79 Å². The van der Waals surface area contributed by atoms with Crippen LogP contribution in [0, 0.1) is 12.8 Å². The van der Waals surface area contributed by atoms with E-state index in [2.05, 4.69) is 42.2 Å². The molecule has 6 heteroatoms. The van der Waals surface area contributed by atoms with Gasteiger partial charge in [-0.15, -0.1) is 0 Å². The summed E-state index contributed by atoms with van der Waals surface area (Å²) < 4.78 is 7.92. The van der Waals surface area contributed by atoms with E-state index in [1.165, 1.54) is 0 Å². The van der Waals surface area contributed by atoms with Gasteiger partial charge in [-0.1, -0.05) is 32.0 Å². The third kappa shape index (κ3) is 4.00. The predicted octanol–water partition coefficient (Wildman–Crippen LogP) is 3.75. The molecule has 6 nitrogen and oxygen atoms in total. The molecule has 0 bridgehead atoms. The van der Waals surface area contributed by atoms with Crippen LogP contribution in [-0.2, 0) is 14.9 Å². The highest BCUT2D eigenvalue weighted by Crippen LogP contribution is 2.36. The lowest BCUT2D eigenvalue weighted by molar-refractivity contribution is -0.127. The Morgan fingerprint density at radius 1 is 1.17 bits per heavy atom. The molecular formula is C24H28N4O2. The molecule has 3 heterocycles. The second-order valence-electron chi connectivity index (χ2n) is 8.48. The number of benzene rings is 1. The lowest BCUT2D eigenvalue weighted by atomic mass is 9.85. The van der Waals surface area contributed by atoms with Crippen LogP contribution in [0.1, 0.15) is 43.2 Å². The van der Waals surface area contributed by atoms with Crippen molar-refractivity contribution in [2.24, 2.45) is 5.92 Å². The number of nitrogens with one attached hydrogen (secondary N) is 1. The van der Waals surface area contributed by atoms with Crippen molar-refractivity contribution in [3.05, 3.63) is 77.9 Å². The largest absolute Gasteiger partial charge is 0.371 e. The van der Waals surface area contributed by atoms with Gasteiger partial charge in [0.2, 0.25) is 5.91 Å². The molecule has 0 unspecified atom stereocenters. The number of aryl methyl sites for hydroxylation is 1. The molecule has 2 atom stereocenters. The Labute approximate surface area is 177 Å². The first-order valence-corrected chi connectivity index (χ1v) is 10.4. The first-order valence-electron chi connectivity index (χ1n) is 10.4. The highest BCUT2D eigenvalue weighted by atomic mass is 16.5. The van der Waals surface area contributed by atoms with Crippen molar-refractivity contribution in [3.8, 4) is 5.69 Å². The number of rotatable bonds is 6. The first kappa shape index (κ1) is 20.3. The van der Waals surface area contributed by atoms with E-state index in [4.69, 9.17) is 4.74 Å². The maximum Gasteiger partial charge on any atom is 0.226 e. The van der Waals surface area contributed by atoms with Gasteiger partial charge in [-0.2, -0.15) is 5.10 Å². The third-order valence-electron chi connectivity index (χ3n) is 5.90. The number of ether oxygens (including phenoxy) is 1. The highest BCUT2D eigenvalue weighted by molar-refractivity contribution is 5.79. The number of aromatic nitrogens is 3. The van der Waals surface area contributed by atoms with E-state index >= 15 is 0 Å². The zero-order valence-electron chi connectivity index (χ0n) is 17.7. The molecule has 1 saturated heterocycles. The SMILES string of the molecule is Cc1ccccc1-n1nccc1[C@H]1OCC[C@@H]1C(=O)NCC(C)(C)c1ccncc1. The van der Waals surface area contributed by atoms with Crippen LogP contribution in [0.3, 0.4) is 0 Å². The van der Waals surface area contributed by atoms with Gasteiger partial charge in [-0.05, 0) is 48.7 Å². The van der Waals surface area contributed by atoms with Gasteiger partial charge in [0.1, 0.15) is 6.10 Å². The molecule has 3 aromatic rings. The van der Waals surface area contributed by atoms with Gasteiger partial charge >= 0.3 is 0 Å². The zero-order valence-corrected chi connectivity index (χ0v) is 17.7. The van der Waals surface area contributed by atoms with Crippen LogP contribution in [0.15, 0.2) is 61.1 Å². The number of nitrogens with zero attached hydrogens (tertiary/aromatic N) is 3. The van der Waals surface area contributed by atoms with Gasteiger partial charge in [0.25, 0.3) is 0 Å². The van der Waals surface area contributed by atoms with Crippen LogP contribution in [0.5, 0.6) is 0 Å². The smallest absolute Gasteiger partial charge is 0.226 e. The minimum Gasteiger partial charge on any atom is -0.371 e. The summed E-state index contributed by atoms with van der Waals surface area (Å²) in [4.78, 5) is 17.2.